The monoisotopic (exact) mass is 477 g/mol. The lowest BCUT2D eigenvalue weighted by atomic mass is 9.96. The highest BCUT2D eigenvalue weighted by molar-refractivity contribution is 7.21. The molecule has 6 rings (SSSR count). The van der Waals surface area contributed by atoms with Crippen molar-refractivity contribution in [3.63, 3.8) is 0 Å². The van der Waals surface area contributed by atoms with Crippen LogP contribution in [0.1, 0.15) is 59.7 Å². The molecule has 9 heteroatoms. The van der Waals surface area contributed by atoms with E-state index in [4.69, 9.17) is 4.98 Å². The third-order valence-electron chi connectivity index (χ3n) is 7.29. The van der Waals surface area contributed by atoms with E-state index in [2.05, 4.69) is 31.6 Å². The van der Waals surface area contributed by atoms with Crippen LogP contribution in [0, 0.1) is 0 Å². The van der Waals surface area contributed by atoms with Crippen LogP contribution in [0.15, 0.2) is 24.5 Å². The molecule has 0 unspecified atom stereocenters. The fourth-order valence-electron chi connectivity index (χ4n) is 5.47. The number of hydrogen-bond acceptors (Lipinski definition) is 8. The van der Waals surface area contributed by atoms with E-state index in [1.807, 2.05) is 23.4 Å². The summed E-state index contributed by atoms with van der Waals surface area (Å²) in [6, 6.07) is 4.08. The van der Waals surface area contributed by atoms with Crippen molar-refractivity contribution in [2.45, 2.75) is 44.4 Å². The van der Waals surface area contributed by atoms with E-state index < -0.39 is 0 Å². The van der Waals surface area contributed by atoms with Crippen molar-refractivity contribution >= 4 is 44.9 Å². The molecule has 3 aliphatic rings. The maximum absolute atomic E-state index is 13.4. The van der Waals surface area contributed by atoms with Crippen LogP contribution in [0.25, 0.3) is 10.2 Å². The molecule has 2 saturated heterocycles. The third kappa shape index (κ3) is 4.22. The Hall–Kier alpha value is -2.78. The summed E-state index contributed by atoms with van der Waals surface area (Å²) in [6.45, 7) is 5.72. The first-order valence-corrected chi connectivity index (χ1v) is 13.4. The highest BCUT2D eigenvalue weighted by atomic mass is 32.1. The van der Waals surface area contributed by atoms with Gasteiger partial charge in [0, 0.05) is 44.8 Å². The molecule has 34 heavy (non-hydrogen) atoms. The molecule has 8 nitrogen and oxygen atoms in total. The summed E-state index contributed by atoms with van der Waals surface area (Å²) in [7, 11) is 0. The minimum absolute atomic E-state index is 0.182. The van der Waals surface area contributed by atoms with E-state index in [0.717, 1.165) is 97.1 Å². The predicted octanol–water partition coefficient (Wildman–Crippen LogP) is 4.13. The number of thiophene rings is 1. The van der Waals surface area contributed by atoms with Gasteiger partial charge in [-0.2, -0.15) is 0 Å². The topological polar surface area (TPSA) is 86.3 Å². The van der Waals surface area contributed by atoms with Crippen LogP contribution in [0.5, 0.6) is 0 Å². The van der Waals surface area contributed by atoms with Gasteiger partial charge in [0.05, 0.1) is 33.2 Å². The van der Waals surface area contributed by atoms with Gasteiger partial charge in [0.15, 0.2) is 0 Å². The first kappa shape index (κ1) is 21.7. The van der Waals surface area contributed by atoms with Gasteiger partial charge in [-0.25, -0.2) is 15.0 Å². The van der Waals surface area contributed by atoms with Gasteiger partial charge >= 0.3 is 0 Å². The number of likely N-dealkylation sites (tertiary alicyclic amines) is 1. The van der Waals surface area contributed by atoms with Gasteiger partial charge in [-0.1, -0.05) is 12.8 Å². The average Bonchev–Trinajstić information content (AvgIpc) is 3.65. The van der Waals surface area contributed by atoms with Crippen molar-refractivity contribution in [2.24, 2.45) is 0 Å². The molecule has 3 aromatic rings. The highest BCUT2D eigenvalue weighted by Crippen LogP contribution is 2.43. The number of nitrogens with zero attached hydrogens (tertiary/aromatic N) is 5. The second kappa shape index (κ2) is 9.46. The normalized spacial score (nSPS) is 19.3. The summed E-state index contributed by atoms with van der Waals surface area (Å²) < 4.78 is 0.997. The Morgan fingerprint density at radius 2 is 1.79 bits per heavy atom. The zero-order valence-electron chi connectivity index (χ0n) is 19.4. The predicted molar refractivity (Wildman–Crippen MR) is 136 cm³/mol. The smallest absolute Gasteiger partial charge is 0.264 e. The molecule has 0 aromatic carbocycles. The summed E-state index contributed by atoms with van der Waals surface area (Å²) in [5.41, 5.74) is 3.23. The molecule has 2 N–H and O–H groups in total. The maximum atomic E-state index is 13.4. The summed E-state index contributed by atoms with van der Waals surface area (Å²) in [5.74, 6) is 1.85. The molecule has 5 heterocycles. The Bertz CT molecular complexity index is 1160. The Labute approximate surface area is 203 Å². The van der Waals surface area contributed by atoms with Crippen molar-refractivity contribution < 1.29 is 4.79 Å². The largest absolute Gasteiger partial charge is 0.368 e. The molecule has 2 aliphatic heterocycles. The van der Waals surface area contributed by atoms with Gasteiger partial charge in [0.1, 0.15) is 5.82 Å². The average molecular weight is 478 g/mol. The third-order valence-corrected chi connectivity index (χ3v) is 8.41. The lowest BCUT2D eigenvalue weighted by Gasteiger charge is -2.29. The molecule has 3 aromatic heterocycles. The second-order valence-corrected chi connectivity index (χ2v) is 10.5. The number of hydrogen-bond donors (Lipinski definition) is 2. The summed E-state index contributed by atoms with van der Waals surface area (Å²) >= 11 is 1.57. The van der Waals surface area contributed by atoms with Crippen LogP contribution in [0.4, 0.5) is 17.5 Å². The van der Waals surface area contributed by atoms with E-state index in [-0.39, 0.29) is 5.91 Å². The standard InChI is InChI=1S/C25H31N7OS/c33-24(32-11-3-4-12-32)23-21(17-5-1-2-6-17)22-19(34-23)16-28-25(30-22)29-20-8-7-18(15-27-20)31-13-9-26-10-14-31/h7-8,15-17,26H,1-6,9-14H2,(H,27,28,29,30). The molecule has 1 amide bonds. The highest BCUT2D eigenvalue weighted by Gasteiger charge is 2.31. The van der Waals surface area contributed by atoms with Crippen LogP contribution in [0.2, 0.25) is 0 Å². The fraction of sp³-hybridized carbons (Fsp3) is 0.520. The Balaban J connectivity index is 1.29. The van der Waals surface area contributed by atoms with Crippen LogP contribution in [-0.2, 0) is 0 Å². The SMILES string of the molecule is O=C(c1sc2cnc(Nc3ccc(N4CCNCC4)cn3)nc2c1C1CCCC1)N1CCCC1. The number of carbonyl (C=O) groups excluding carboxylic acids is 1. The molecule has 1 aliphatic carbocycles. The molecule has 3 fully saturated rings. The molecule has 178 valence electrons. The Kier molecular flexibility index (Phi) is 6.05. The fourth-order valence-corrected chi connectivity index (χ4v) is 6.64. The summed E-state index contributed by atoms with van der Waals surface area (Å²) in [5, 5.41) is 6.66. The van der Waals surface area contributed by atoms with Crippen LogP contribution < -0.4 is 15.5 Å². The van der Waals surface area contributed by atoms with Crippen molar-refractivity contribution in [3.05, 3.63) is 35.0 Å². The van der Waals surface area contributed by atoms with Gasteiger partial charge in [0.2, 0.25) is 5.95 Å². The van der Waals surface area contributed by atoms with Gasteiger partial charge in [-0.05, 0) is 43.7 Å². The van der Waals surface area contributed by atoms with Crippen LogP contribution in [-0.4, -0.2) is 65.0 Å². The number of carbonyl (C=O) groups is 1. The van der Waals surface area contributed by atoms with Gasteiger partial charge in [0.25, 0.3) is 5.91 Å². The number of piperazine rings is 1. The van der Waals surface area contributed by atoms with Crippen molar-refractivity contribution in [1.82, 2.24) is 25.2 Å². The van der Waals surface area contributed by atoms with Gasteiger partial charge < -0.3 is 20.4 Å². The quantitative estimate of drug-likeness (QED) is 0.571. The number of anilines is 3. The minimum Gasteiger partial charge on any atom is -0.368 e. The maximum Gasteiger partial charge on any atom is 0.264 e. The first-order chi connectivity index (χ1) is 16.8. The number of aromatic nitrogens is 3. The van der Waals surface area contributed by atoms with E-state index >= 15 is 0 Å². The lowest BCUT2D eigenvalue weighted by Crippen LogP contribution is -2.43. The van der Waals surface area contributed by atoms with Crippen molar-refractivity contribution in [2.75, 3.05) is 49.5 Å². The second-order valence-electron chi connectivity index (χ2n) is 9.50. The molecule has 0 radical (unpaired) electrons. The molecular formula is C25H31N7OS. The zero-order chi connectivity index (χ0) is 22.9. The van der Waals surface area contributed by atoms with E-state index in [9.17, 15) is 4.79 Å². The molecular weight excluding hydrogens is 446 g/mol. The van der Waals surface area contributed by atoms with Crippen molar-refractivity contribution in [1.29, 1.82) is 0 Å². The number of nitrogens with one attached hydrogen (secondary N) is 2. The number of pyridine rings is 1. The number of rotatable bonds is 5. The zero-order valence-corrected chi connectivity index (χ0v) is 20.2. The lowest BCUT2D eigenvalue weighted by molar-refractivity contribution is 0.0796. The molecule has 0 bridgehead atoms. The van der Waals surface area contributed by atoms with E-state index in [1.54, 1.807) is 11.3 Å². The van der Waals surface area contributed by atoms with Gasteiger partial charge in [-0.15, -0.1) is 11.3 Å². The van der Waals surface area contributed by atoms with Crippen molar-refractivity contribution in [3.8, 4) is 0 Å². The first-order valence-electron chi connectivity index (χ1n) is 12.5. The summed E-state index contributed by atoms with van der Waals surface area (Å²) in [4.78, 5) is 32.7. The van der Waals surface area contributed by atoms with Crippen LogP contribution in [0.3, 0.4) is 0 Å². The Morgan fingerprint density at radius 1 is 1.00 bits per heavy atom. The summed E-state index contributed by atoms with van der Waals surface area (Å²) in [6.07, 6.45) is 10.7. The molecule has 1 saturated carbocycles. The minimum atomic E-state index is 0.182. The van der Waals surface area contributed by atoms with Crippen LogP contribution >= 0.6 is 11.3 Å². The van der Waals surface area contributed by atoms with E-state index in [1.165, 1.54) is 12.8 Å². The number of fused-ring (bicyclic) bond motifs is 1. The molecule has 0 spiro atoms. The Morgan fingerprint density at radius 3 is 2.53 bits per heavy atom. The van der Waals surface area contributed by atoms with Gasteiger partial charge in [-0.3, -0.25) is 4.79 Å². The number of amides is 1. The van der Waals surface area contributed by atoms with E-state index in [0.29, 0.717) is 11.9 Å². The molecule has 0 atom stereocenters.